The van der Waals surface area contributed by atoms with Gasteiger partial charge in [0.2, 0.25) is 0 Å². The van der Waals surface area contributed by atoms with E-state index in [4.69, 9.17) is 0 Å². The van der Waals surface area contributed by atoms with Gasteiger partial charge in [-0.15, -0.1) is 0 Å². The van der Waals surface area contributed by atoms with Gasteiger partial charge in [0.25, 0.3) is 5.91 Å². The Morgan fingerprint density at radius 3 is 2.58 bits per heavy atom. The van der Waals surface area contributed by atoms with Crippen LogP contribution in [-0.2, 0) is 6.18 Å². The number of amides is 1. The second kappa shape index (κ2) is 6.11. The van der Waals surface area contributed by atoms with Gasteiger partial charge in [-0.05, 0) is 24.3 Å². The number of hydrogen-bond acceptors (Lipinski definition) is 4. The first-order valence-corrected chi connectivity index (χ1v) is 6.74. The summed E-state index contributed by atoms with van der Waals surface area (Å²) in [6, 6.07) is 8.63. The molecule has 2 N–H and O–H groups in total. The summed E-state index contributed by atoms with van der Waals surface area (Å²) in [5.41, 5.74) is 0.143. The predicted octanol–water partition coefficient (Wildman–Crippen LogP) is 3.14. The van der Waals surface area contributed by atoms with Crippen LogP contribution in [0.1, 0.15) is 16.1 Å². The normalized spacial score (nSPS) is 11.3. The van der Waals surface area contributed by atoms with Crippen LogP contribution in [-0.4, -0.2) is 26.1 Å². The smallest absolute Gasteiger partial charge is 0.322 e. The number of hydrogen-bond donors (Lipinski definition) is 2. The molecule has 0 aliphatic rings. The number of carbonyl (C=O) groups excluding carboxylic acids is 1. The minimum atomic E-state index is -4.54. The van der Waals surface area contributed by atoms with Gasteiger partial charge in [0.1, 0.15) is 12.0 Å². The maximum absolute atomic E-state index is 12.5. The number of halogens is 3. The van der Waals surface area contributed by atoms with E-state index in [2.05, 4.69) is 25.5 Å². The summed E-state index contributed by atoms with van der Waals surface area (Å²) in [5, 5.41) is 9.03. The Kier molecular flexibility index (Phi) is 3.98. The molecule has 0 aliphatic heterocycles. The van der Waals surface area contributed by atoms with Crippen molar-refractivity contribution in [3.05, 3.63) is 60.2 Å². The van der Waals surface area contributed by atoms with E-state index in [0.29, 0.717) is 17.1 Å². The van der Waals surface area contributed by atoms with E-state index in [9.17, 15) is 18.0 Å². The first-order valence-electron chi connectivity index (χ1n) is 6.74. The zero-order chi connectivity index (χ0) is 17.2. The summed E-state index contributed by atoms with van der Waals surface area (Å²) < 4.78 is 37.4. The van der Waals surface area contributed by atoms with Gasteiger partial charge in [0.15, 0.2) is 5.82 Å². The van der Waals surface area contributed by atoms with Gasteiger partial charge >= 0.3 is 6.18 Å². The first-order chi connectivity index (χ1) is 11.4. The van der Waals surface area contributed by atoms with Crippen LogP contribution in [0.15, 0.2) is 48.9 Å². The van der Waals surface area contributed by atoms with Crippen molar-refractivity contribution >= 4 is 11.6 Å². The largest absolute Gasteiger partial charge is 0.433 e. The molecule has 0 bridgehead atoms. The van der Waals surface area contributed by atoms with Crippen molar-refractivity contribution < 1.29 is 18.0 Å². The quantitative estimate of drug-likeness (QED) is 0.771. The van der Waals surface area contributed by atoms with Crippen LogP contribution in [0.25, 0.3) is 11.4 Å². The van der Waals surface area contributed by atoms with Crippen LogP contribution in [0.3, 0.4) is 0 Å². The molecule has 6 nitrogen and oxygen atoms in total. The Bertz CT molecular complexity index is 844. The van der Waals surface area contributed by atoms with E-state index in [1.54, 1.807) is 24.3 Å². The van der Waals surface area contributed by atoms with Gasteiger partial charge < -0.3 is 5.32 Å². The maximum atomic E-state index is 12.5. The van der Waals surface area contributed by atoms with Gasteiger partial charge in [0, 0.05) is 17.4 Å². The molecule has 0 spiro atoms. The summed E-state index contributed by atoms with van der Waals surface area (Å²) in [5.74, 6) is -0.0340. The van der Waals surface area contributed by atoms with Gasteiger partial charge in [-0.2, -0.15) is 18.3 Å². The number of pyridine rings is 1. The van der Waals surface area contributed by atoms with E-state index < -0.39 is 17.8 Å². The molecule has 3 rings (SSSR count). The molecule has 3 aromatic rings. The van der Waals surface area contributed by atoms with Gasteiger partial charge in [-0.1, -0.05) is 12.1 Å². The molecule has 2 aromatic heterocycles. The van der Waals surface area contributed by atoms with Crippen LogP contribution in [0.5, 0.6) is 0 Å². The molecule has 9 heteroatoms. The number of H-pyrrole nitrogens is 1. The van der Waals surface area contributed by atoms with Crippen LogP contribution in [0, 0.1) is 0 Å². The van der Waals surface area contributed by atoms with Gasteiger partial charge in [0.05, 0.1) is 5.56 Å². The highest BCUT2D eigenvalue weighted by atomic mass is 19.4. The number of benzene rings is 1. The van der Waals surface area contributed by atoms with E-state index in [1.807, 2.05) is 0 Å². The van der Waals surface area contributed by atoms with Gasteiger partial charge in [-0.25, -0.2) is 4.98 Å². The fraction of sp³-hybridized carbons (Fsp3) is 0.0667. The Labute approximate surface area is 133 Å². The maximum Gasteiger partial charge on any atom is 0.433 e. The third kappa shape index (κ3) is 3.40. The average molecular weight is 333 g/mol. The third-order valence-corrected chi connectivity index (χ3v) is 3.13. The Balaban J connectivity index is 1.76. The number of aromatic nitrogens is 4. The molecule has 0 radical (unpaired) electrons. The van der Waals surface area contributed by atoms with Crippen molar-refractivity contribution in [3.63, 3.8) is 0 Å². The number of carbonyl (C=O) groups is 1. The fourth-order valence-electron chi connectivity index (χ4n) is 1.99. The second-order valence-electron chi connectivity index (χ2n) is 4.80. The zero-order valence-corrected chi connectivity index (χ0v) is 12.0. The molecule has 122 valence electrons. The van der Waals surface area contributed by atoms with E-state index in [-0.39, 0.29) is 5.56 Å². The van der Waals surface area contributed by atoms with Crippen LogP contribution in [0.2, 0.25) is 0 Å². The van der Waals surface area contributed by atoms with Crippen LogP contribution in [0.4, 0.5) is 18.9 Å². The highest BCUT2D eigenvalue weighted by Crippen LogP contribution is 2.27. The van der Waals surface area contributed by atoms with Gasteiger partial charge in [-0.3, -0.25) is 14.9 Å². The van der Waals surface area contributed by atoms with Crippen molar-refractivity contribution in [3.8, 4) is 11.4 Å². The Hall–Kier alpha value is -3.23. The highest BCUT2D eigenvalue weighted by Gasteiger charge is 2.32. The SMILES string of the molecule is O=C(Nc1cccc(-c2ncn[nH]2)c1)c1ccc(C(F)(F)F)nc1. The molecule has 1 aromatic carbocycles. The average Bonchev–Trinajstić information content (AvgIpc) is 3.09. The Morgan fingerprint density at radius 2 is 1.96 bits per heavy atom. The topological polar surface area (TPSA) is 83.6 Å². The summed E-state index contributed by atoms with van der Waals surface area (Å²) in [6.45, 7) is 0. The van der Waals surface area contributed by atoms with E-state index >= 15 is 0 Å². The molecule has 0 atom stereocenters. The monoisotopic (exact) mass is 333 g/mol. The summed E-state index contributed by atoms with van der Waals surface area (Å²) >= 11 is 0. The number of aromatic amines is 1. The number of anilines is 1. The fourth-order valence-corrected chi connectivity index (χ4v) is 1.99. The standard InChI is InChI=1S/C15H10F3N5O/c16-15(17,18)12-5-4-10(7-19-12)14(24)22-11-3-1-2-9(6-11)13-20-8-21-23-13/h1-8H,(H,22,24)(H,20,21,23). The second-order valence-corrected chi connectivity index (χ2v) is 4.80. The zero-order valence-electron chi connectivity index (χ0n) is 12.0. The third-order valence-electron chi connectivity index (χ3n) is 3.13. The lowest BCUT2D eigenvalue weighted by Gasteiger charge is -2.08. The van der Waals surface area contributed by atoms with Crippen molar-refractivity contribution in [1.82, 2.24) is 20.2 Å². The predicted molar refractivity (Wildman–Crippen MR) is 79.0 cm³/mol. The van der Waals surface area contributed by atoms with Crippen LogP contribution >= 0.6 is 0 Å². The van der Waals surface area contributed by atoms with Crippen molar-refractivity contribution in [2.45, 2.75) is 6.18 Å². The van der Waals surface area contributed by atoms with Crippen molar-refractivity contribution in [2.75, 3.05) is 5.32 Å². The highest BCUT2D eigenvalue weighted by molar-refractivity contribution is 6.04. The summed E-state index contributed by atoms with van der Waals surface area (Å²) in [4.78, 5) is 19.4. The van der Waals surface area contributed by atoms with Crippen molar-refractivity contribution in [1.29, 1.82) is 0 Å². The minimum absolute atomic E-state index is 0.0214. The molecule has 0 unspecified atom stereocenters. The molecular weight excluding hydrogens is 323 g/mol. The molecule has 2 heterocycles. The summed E-state index contributed by atoms with van der Waals surface area (Å²) in [7, 11) is 0. The minimum Gasteiger partial charge on any atom is -0.322 e. The molecule has 0 saturated heterocycles. The number of nitrogens with zero attached hydrogens (tertiary/aromatic N) is 3. The number of rotatable bonds is 3. The molecular formula is C15H10F3N5O. The molecule has 0 fully saturated rings. The van der Waals surface area contributed by atoms with Crippen molar-refractivity contribution in [2.24, 2.45) is 0 Å². The first kappa shape index (κ1) is 15.7. The van der Waals surface area contributed by atoms with E-state index in [0.717, 1.165) is 18.3 Å². The molecule has 1 amide bonds. The lowest BCUT2D eigenvalue weighted by atomic mass is 10.2. The number of alkyl halides is 3. The lowest BCUT2D eigenvalue weighted by molar-refractivity contribution is -0.141. The van der Waals surface area contributed by atoms with E-state index in [1.165, 1.54) is 6.33 Å². The molecule has 0 aliphatic carbocycles. The Morgan fingerprint density at radius 1 is 1.12 bits per heavy atom. The van der Waals surface area contributed by atoms with Crippen LogP contribution < -0.4 is 5.32 Å². The molecule has 0 saturated carbocycles. The summed E-state index contributed by atoms with van der Waals surface area (Å²) in [6.07, 6.45) is -2.30. The molecule has 24 heavy (non-hydrogen) atoms. The number of nitrogens with one attached hydrogen (secondary N) is 2. The lowest BCUT2D eigenvalue weighted by Crippen LogP contribution is -2.14.